The van der Waals surface area contributed by atoms with E-state index in [1.54, 1.807) is 18.4 Å². The van der Waals surface area contributed by atoms with Crippen molar-refractivity contribution in [1.29, 1.82) is 0 Å². The van der Waals surface area contributed by atoms with Gasteiger partial charge in [0.15, 0.2) is 0 Å². The lowest BCUT2D eigenvalue weighted by molar-refractivity contribution is -0.127. The second-order valence-electron chi connectivity index (χ2n) is 4.35. The van der Waals surface area contributed by atoms with Gasteiger partial charge in [-0.05, 0) is 19.4 Å². The normalized spacial score (nSPS) is 20.7. The molecule has 2 heterocycles. The highest BCUT2D eigenvalue weighted by atomic mass is 32.1. The van der Waals surface area contributed by atoms with Crippen molar-refractivity contribution in [2.45, 2.75) is 31.8 Å². The number of rotatable bonds is 4. The van der Waals surface area contributed by atoms with E-state index in [0.717, 1.165) is 35.9 Å². The van der Waals surface area contributed by atoms with E-state index in [9.17, 15) is 4.79 Å². The van der Waals surface area contributed by atoms with Gasteiger partial charge in [0.05, 0.1) is 12.6 Å². The van der Waals surface area contributed by atoms with Gasteiger partial charge < -0.3 is 10.6 Å². The SMILES string of the molecule is CNC(=O)C1CCCCN1Cc1nnc(NC)s1. The Bertz CT molecular complexity index is 408. The molecule has 0 aromatic carbocycles. The van der Waals surface area contributed by atoms with Crippen molar-refractivity contribution in [2.75, 3.05) is 26.0 Å². The Hall–Kier alpha value is -1.21. The molecule has 1 saturated heterocycles. The van der Waals surface area contributed by atoms with Crippen LogP contribution in [0.5, 0.6) is 0 Å². The van der Waals surface area contributed by atoms with Gasteiger partial charge in [0.2, 0.25) is 11.0 Å². The number of carbonyl (C=O) groups is 1. The smallest absolute Gasteiger partial charge is 0.237 e. The van der Waals surface area contributed by atoms with E-state index in [0.29, 0.717) is 6.54 Å². The van der Waals surface area contributed by atoms with Crippen molar-refractivity contribution >= 4 is 22.4 Å². The number of hydrogen-bond donors (Lipinski definition) is 2. The van der Waals surface area contributed by atoms with Crippen LogP contribution in [0.1, 0.15) is 24.3 Å². The van der Waals surface area contributed by atoms with Crippen molar-refractivity contribution in [3.8, 4) is 0 Å². The second-order valence-corrected chi connectivity index (χ2v) is 5.41. The molecule has 6 nitrogen and oxygen atoms in total. The predicted octanol–water partition coefficient (Wildman–Crippen LogP) is 0.680. The van der Waals surface area contributed by atoms with E-state index in [1.165, 1.54) is 0 Å². The van der Waals surface area contributed by atoms with Gasteiger partial charge >= 0.3 is 0 Å². The highest BCUT2D eigenvalue weighted by molar-refractivity contribution is 7.15. The minimum atomic E-state index is -0.0225. The van der Waals surface area contributed by atoms with Crippen molar-refractivity contribution in [3.05, 3.63) is 5.01 Å². The number of hydrogen-bond acceptors (Lipinski definition) is 6. The molecule has 7 heteroatoms. The molecule has 0 aliphatic carbocycles. The lowest BCUT2D eigenvalue weighted by atomic mass is 10.0. The fraction of sp³-hybridized carbons (Fsp3) is 0.727. The first-order chi connectivity index (χ1) is 8.74. The Balaban J connectivity index is 2.02. The van der Waals surface area contributed by atoms with Gasteiger partial charge in [-0.1, -0.05) is 17.8 Å². The molecule has 1 aromatic rings. The number of likely N-dealkylation sites (tertiary alicyclic amines) is 1. The molecule has 0 radical (unpaired) electrons. The molecule has 100 valence electrons. The molecule has 1 amide bonds. The average Bonchev–Trinajstić information content (AvgIpc) is 2.86. The number of amides is 1. The second kappa shape index (κ2) is 6.10. The van der Waals surface area contributed by atoms with Crippen LogP contribution in [0.4, 0.5) is 5.13 Å². The monoisotopic (exact) mass is 269 g/mol. The van der Waals surface area contributed by atoms with E-state index < -0.39 is 0 Å². The zero-order chi connectivity index (χ0) is 13.0. The zero-order valence-corrected chi connectivity index (χ0v) is 11.6. The van der Waals surface area contributed by atoms with Gasteiger partial charge in [-0.3, -0.25) is 9.69 Å². The molecule has 1 fully saturated rings. The minimum absolute atomic E-state index is 0.0225. The van der Waals surface area contributed by atoms with Crippen LogP contribution in [0.3, 0.4) is 0 Å². The summed E-state index contributed by atoms with van der Waals surface area (Å²) in [6.07, 6.45) is 3.19. The summed E-state index contributed by atoms with van der Waals surface area (Å²) in [5.74, 6) is 0.105. The predicted molar refractivity (Wildman–Crippen MR) is 71.6 cm³/mol. The largest absolute Gasteiger partial charge is 0.363 e. The average molecular weight is 269 g/mol. The first-order valence-corrected chi connectivity index (χ1v) is 7.02. The molecule has 1 aliphatic heterocycles. The van der Waals surface area contributed by atoms with Gasteiger partial charge in [-0.15, -0.1) is 10.2 Å². The van der Waals surface area contributed by atoms with Gasteiger partial charge in [0.1, 0.15) is 5.01 Å². The van der Waals surface area contributed by atoms with Crippen molar-refractivity contribution < 1.29 is 4.79 Å². The summed E-state index contributed by atoms with van der Waals surface area (Å²) in [5.41, 5.74) is 0. The Kier molecular flexibility index (Phi) is 4.48. The lowest BCUT2D eigenvalue weighted by Gasteiger charge is -2.33. The molecule has 1 aliphatic rings. The molecule has 0 spiro atoms. The highest BCUT2D eigenvalue weighted by Gasteiger charge is 2.28. The summed E-state index contributed by atoms with van der Waals surface area (Å²) in [4.78, 5) is 14.0. The molecule has 2 rings (SSSR count). The molecular formula is C11H19N5OS. The minimum Gasteiger partial charge on any atom is -0.363 e. The molecule has 18 heavy (non-hydrogen) atoms. The number of likely N-dealkylation sites (N-methyl/N-ethyl adjacent to an activating group) is 1. The van der Waals surface area contributed by atoms with Crippen molar-refractivity contribution in [2.24, 2.45) is 0 Å². The van der Waals surface area contributed by atoms with E-state index in [1.807, 2.05) is 7.05 Å². The molecular weight excluding hydrogens is 250 g/mol. The molecule has 2 N–H and O–H groups in total. The van der Waals surface area contributed by atoms with Gasteiger partial charge in [-0.25, -0.2) is 0 Å². The maximum absolute atomic E-state index is 11.8. The number of piperidine rings is 1. The van der Waals surface area contributed by atoms with Crippen LogP contribution in [0.25, 0.3) is 0 Å². The van der Waals surface area contributed by atoms with Gasteiger partial charge in [0.25, 0.3) is 0 Å². The zero-order valence-electron chi connectivity index (χ0n) is 10.8. The maximum atomic E-state index is 11.8. The van der Waals surface area contributed by atoms with Crippen LogP contribution in [-0.2, 0) is 11.3 Å². The number of carbonyl (C=O) groups excluding carboxylic acids is 1. The third kappa shape index (κ3) is 2.97. The Labute approximate surface area is 111 Å². The number of nitrogens with zero attached hydrogens (tertiary/aromatic N) is 3. The Morgan fingerprint density at radius 3 is 2.94 bits per heavy atom. The van der Waals surface area contributed by atoms with Crippen LogP contribution in [-0.4, -0.2) is 47.7 Å². The van der Waals surface area contributed by atoms with Crippen LogP contribution >= 0.6 is 11.3 Å². The molecule has 0 saturated carbocycles. The number of anilines is 1. The Morgan fingerprint density at radius 2 is 2.28 bits per heavy atom. The fourth-order valence-electron chi connectivity index (χ4n) is 2.24. The standard InChI is InChI=1S/C11H19N5OS/c1-12-10(17)8-5-3-4-6-16(8)7-9-14-15-11(13-2)18-9/h8H,3-7H2,1-2H3,(H,12,17)(H,13,15). The first kappa shape index (κ1) is 13.2. The van der Waals surface area contributed by atoms with Gasteiger partial charge in [0, 0.05) is 14.1 Å². The van der Waals surface area contributed by atoms with Crippen LogP contribution < -0.4 is 10.6 Å². The summed E-state index contributed by atoms with van der Waals surface area (Å²) in [6.45, 7) is 1.66. The number of aromatic nitrogens is 2. The van der Waals surface area contributed by atoms with Crippen molar-refractivity contribution in [3.63, 3.8) is 0 Å². The maximum Gasteiger partial charge on any atom is 0.237 e. The van der Waals surface area contributed by atoms with E-state index in [2.05, 4.69) is 25.7 Å². The summed E-state index contributed by atoms with van der Waals surface area (Å²) in [7, 11) is 3.53. The van der Waals surface area contributed by atoms with Crippen LogP contribution in [0, 0.1) is 0 Å². The quantitative estimate of drug-likeness (QED) is 0.841. The molecule has 1 unspecified atom stereocenters. The topological polar surface area (TPSA) is 70.2 Å². The highest BCUT2D eigenvalue weighted by Crippen LogP contribution is 2.22. The summed E-state index contributed by atoms with van der Waals surface area (Å²) < 4.78 is 0. The first-order valence-electron chi connectivity index (χ1n) is 6.20. The van der Waals surface area contributed by atoms with E-state index >= 15 is 0 Å². The molecule has 1 aromatic heterocycles. The van der Waals surface area contributed by atoms with Gasteiger partial charge in [-0.2, -0.15) is 0 Å². The van der Waals surface area contributed by atoms with E-state index in [-0.39, 0.29) is 11.9 Å². The summed E-state index contributed by atoms with van der Waals surface area (Å²) >= 11 is 1.54. The number of nitrogens with one attached hydrogen (secondary N) is 2. The molecule has 1 atom stereocenters. The Morgan fingerprint density at radius 1 is 1.44 bits per heavy atom. The van der Waals surface area contributed by atoms with Crippen molar-refractivity contribution in [1.82, 2.24) is 20.4 Å². The molecule has 0 bridgehead atoms. The third-order valence-corrected chi connectivity index (χ3v) is 4.11. The summed E-state index contributed by atoms with van der Waals surface area (Å²) in [6, 6.07) is -0.0225. The van der Waals surface area contributed by atoms with E-state index in [4.69, 9.17) is 0 Å². The lowest BCUT2D eigenvalue weighted by Crippen LogP contribution is -2.48. The van der Waals surface area contributed by atoms with Crippen LogP contribution in [0.15, 0.2) is 0 Å². The van der Waals surface area contributed by atoms with Crippen LogP contribution in [0.2, 0.25) is 0 Å². The fourth-order valence-corrected chi connectivity index (χ4v) is 2.95. The third-order valence-electron chi connectivity index (χ3n) is 3.18. The summed E-state index contributed by atoms with van der Waals surface area (Å²) in [5, 5.41) is 15.6.